The van der Waals surface area contributed by atoms with Gasteiger partial charge in [-0.05, 0) is 74.4 Å². The molecule has 0 fully saturated rings. The molecule has 0 saturated heterocycles. The molecule has 3 nitrogen and oxygen atoms in total. The Morgan fingerprint density at radius 1 is 0.923 bits per heavy atom. The molecule has 0 spiro atoms. The highest BCUT2D eigenvalue weighted by Crippen LogP contribution is 2.21. The summed E-state index contributed by atoms with van der Waals surface area (Å²) in [7, 11) is 1.97. The number of nitrogens with zero attached hydrogens (tertiary/aromatic N) is 1. The summed E-state index contributed by atoms with van der Waals surface area (Å²) >= 11 is 0. The van der Waals surface area contributed by atoms with Gasteiger partial charge in [0, 0.05) is 18.4 Å². The highest BCUT2D eigenvalue weighted by atomic mass is 19.1. The summed E-state index contributed by atoms with van der Waals surface area (Å²) in [5, 5.41) is 0. The quantitative estimate of drug-likeness (QED) is 0.528. The largest absolute Gasteiger partial charge is 0.494 e. The minimum Gasteiger partial charge on any atom is -0.494 e. The maximum atomic E-state index is 13.1. The van der Waals surface area contributed by atoms with Gasteiger partial charge in [0.05, 0.1) is 6.61 Å². The lowest BCUT2D eigenvalue weighted by Crippen LogP contribution is -2.17. The standard InChI is InChI=1S/C22H28FNO2/c1-5-6-15-25-21-11-13-22(14-12-21)26-16-17(2)18(3)24(4)20-9-7-19(23)8-10-20/h7-14H,5-6,15-16H2,1-4H3/b18-17+. The molecule has 0 aromatic heterocycles. The summed E-state index contributed by atoms with van der Waals surface area (Å²) in [6.45, 7) is 7.46. The van der Waals surface area contributed by atoms with Crippen molar-refractivity contribution in [2.45, 2.75) is 33.6 Å². The molecule has 0 aliphatic rings. The minimum atomic E-state index is -0.231. The minimum absolute atomic E-state index is 0.231. The molecule has 0 aliphatic heterocycles. The number of unbranched alkanes of at least 4 members (excludes halogenated alkanes) is 1. The third-order valence-corrected chi connectivity index (χ3v) is 4.38. The lowest BCUT2D eigenvalue weighted by Gasteiger charge is -2.22. The van der Waals surface area contributed by atoms with Crippen LogP contribution in [-0.4, -0.2) is 20.3 Å². The Bertz CT molecular complexity index is 708. The zero-order valence-corrected chi connectivity index (χ0v) is 16.1. The Hall–Kier alpha value is -2.49. The van der Waals surface area contributed by atoms with Gasteiger partial charge in [-0.15, -0.1) is 0 Å². The topological polar surface area (TPSA) is 21.7 Å². The van der Waals surface area contributed by atoms with E-state index in [1.165, 1.54) is 12.1 Å². The molecule has 0 radical (unpaired) electrons. The van der Waals surface area contributed by atoms with E-state index in [2.05, 4.69) is 6.92 Å². The Labute approximate surface area is 156 Å². The van der Waals surface area contributed by atoms with E-state index in [1.807, 2.05) is 50.1 Å². The van der Waals surface area contributed by atoms with Crippen LogP contribution in [0.5, 0.6) is 11.5 Å². The van der Waals surface area contributed by atoms with Crippen molar-refractivity contribution in [3.05, 3.63) is 65.6 Å². The Kier molecular flexibility index (Phi) is 7.52. The van der Waals surface area contributed by atoms with Gasteiger partial charge >= 0.3 is 0 Å². The van der Waals surface area contributed by atoms with Crippen LogP contribution in [0.4, 0.5) is 10.1 Å². The van der Waals surface area contributed by atoms with E-state index >= 15 is 0 Å². The molecule has 0 aliphatic carbocycles. The van der Waals surface area contributed by atoms with Gasteiger partial charge in [-0.3, -0.25) is 0 Å². The van der Waals surface area contributed by atoms with Crippen molar-refractivity contribution in [1.82, 2.24) is 0 Å². The molecule has 2 aromatic rings. The Morgan fingerprint density at radius 2 is 1.50 bits per heavy atom. The van der Waals surface area contributed by atoms with Crippen molar-refractivity contribution in [1.29, 1.82) is 0 Å². The van der Waals surface area contributed by atoms with Crippen LogP contribution in [0.25, 0.3) is 0 Å². The normalized spacial score (nSPS) is 11.7. The van der Waals surface area contributed by atoms with Crippen molar-refractivity contribution in [2.24, 2.45) is 0 Å². The van der Waals surface area contributed by atoms with E-state index in [9.17, 15) is 4.39 Å². The lowest BCUT2D eigenvalue weighted by atomic mass is 10.2. The van der Waals surface area contributed by atoms with Crippen LogP contribution >= 0.6 is 0 Å². The van der Waals surface area contributed by atoms with Crippen molar-refractivity contribution in [3.8, 4) is 11.5 Å². The number of halogens is 1. The summed E-state index contributed by atoms with van der Waals surface area (Å²) in [6.07, 6.45) is 2.18. The predicted octanol–water partition coefficient (Wildman–Crippen LogP) is 5.81. The van der Waals surface area contributed by atoms with Crippen molar-refractivity contribution in [3.63, 3.8) is 0 Å². The van der Waals surface area contributed by atoms with Gasteiger partial charge < -0.3 is 14.4 Å². The van der Waals surface area contributed by atoms with Gasteiger partial charge in [0.25, 0.3) is 0 Å². The van der Waals surface area contributed by atoms with Crippen LogP contribution in [0.3, 0.4) is 0 Å². The zero-order chi connectivity index (χ0) is 18.9. The smallest absolute Gasteiger partial charge is 0.123 e. The first-order valence-corrected chi connectivity index (χ1v) is 9.02. The highest BCUT2D eigenvalue weighted by Gasteiger charge is 2.07. The molecule has 0 amide bonds. The van der Waals surface area contributed by atoms with Crippen LogP contribution in [0, 0.1) is 5.82 Å². The summed E-state index contributed by atoms with van der Waals surface area (Å²) in [5.74, 6) is 1.45. The van der Waals surface area contributed by atoms with Crippen LogP contribution in [0.15, 0.2) is 59.8 Å². The number of hydrogen-bond acceptors (Lipinski definition) is 3. The second-order valence-corrected chi connectivity index (χ2v) is 6.36. The number of rotatable bonds is 9. The monoisotopic (exact) mass is 357 g/mol. The molecule has 2 rings (SSSR count). The third kappa shape index (κ3) is 5.80. The number of anilines is 1. The molecule has 0 saturated carbocycles. The maximum absolute atomic E-state index is 13.1. The molecular weight excluding hydrogens is 329 g/mol. The zero-order valence-electron chi connectivity index (χ0n) is 16.1. The number of hydrogen-bond donors (Lipinski definition) is 0. The summed E-state index contributed by atoms with van der Waals surface area (Å²) < 4.78 is 24.6. The fourth-order valence-corrected chi connectivity index (χ4v) is 2.41. The lowest BCUT2D eigenvalue weighted by molar-refractivity contribution is 0.307. The predicted molar refractivity (Wildman–Crippen MR) is 106 cm³/mol. The third-order valence-electron chi connectivity index (χ3n) is 4.38. The van der Waals surface area contributed by atoms with Crippen LogP contribution < -0.4 is 14.4 Å². The van der Waals surface area contributed by atoms with Gasteiger partial charge in [-0.2, -0.15) is 0 Å². The fraction of sp³-hybridized carbons (Fsp3) is 0.364. The van der Waals surface area contributed by atoms with Gasteiger partial charge in [0.15, 0.2) is 0 Å². The molecule has 0 bridgehead atoms. The van der Waals surface area contributed by atoms with E-state index in [0.717, 1.165) is 47.9 Å². The van der Waals surface area contributed by atoms with Gasteiger partial charge in [-0.1, -0.05) is 13.3 Å². The van der Waals surface area contributed by atoms with Crippen LogP contribution in [0.1, 0.15) is 33.6 Å². The van der Waals surface area contributed by atoms with E-state index < -0.39 is 0 Å². The first kappa shape index (κ1) is 19.8. The first-order chi connectivity index (χ1) is 12.5. The molecule has 140 valence electrons. The molecule has 2 aromatic carbocycles. The molecule has 0 N–H and O–H groups in total. The summed E-state index contributed by atoms with van der Waals surface area (Å²) in [6, 6.07) is 14.2. The molecule has 0 heterocycles. The van der Waals surface area contributed by atoms with Gasteiger partial charge in [-0.25, -0.2) is 4.39 Å². The van der Waals surface area contributed by atoms with Crippen molar-refractivity contribution >= 4 is 5.69 Å². The molecule has 0 unspecified atom stereocenters. The molecule has 26 heavy (non-hydrogen) atoms. The van der Waals surface area contributed by atoms with E-state index in [-0.39, 0.29) is 5.82 Å². The van der Waals surface area contributed by atoms with Crippen molar-refractivity contribution < 1.29 is 13.9 Å². The molecule has 0 atom stereocenters. The van der Waals surface area contributed by atoms with Crippen LogP contribution in [-0.2, 0) is 0 Å². The molecular formula is C22H28FNO2. The van der Waals surface area contributed by atoms with Gasteiger partial charge in [0.1, 0.15) is 23.9 Å². The highest BCUT2D eigenvalue weighted by molar-refractivity contribution is 5.51. The second-order valence-electron chi connectivity index (χ2n) is 6.36. The van der Waals surface area contributed by atoms with Gasteiger partial charge in [0.2, 0.25) is 0 Å². The Morgan fingerprint density at radius 3 is 2.08 bits per heavy atom. The van der Waals surface area contributed by atoms with E-state index in [4.69, 9.17) is 9.47 Å². The second kappa shape index (κ2) is 9.85. The fourth-order valence-electron chi connectivity index (χ4n) is 2.41. The average Bonchev–Trinajstić information content (AvgIpc) is 2.66. The SMILES string of the molecule is CCCCOc1ccc(OC/C(C)=C(\C)N(C)c2ccc(F)cc2)cc1. The molecule has 4 heteroatoms. The summed E-state index contributed by atoms with van der Waals surface area (Å²) in [5.41, 5.74) is 3.13. The van der Waals surface area contributed by atoms with E-state index in [1.54, 1.807) is 12.1 Å². The van der Waals surface area contributed by atoms with Crippen molar-refractivity contribution in [2.75, 3.05) is 25.2 Å². The number of benzene rings is 2. The number of ether oxygens (including phenoxy) is 2. The summed E-state index contributed by atoms with van der Waals surface area (Å²) in [4.78, 5) is 2.03. The van der Waals surface area contributed by atoms with Crippen LogP contribution in [0.2, 0.25) is 0 Å². The van der Waals surface area contributed by atoms with E-state index in [0.29, 0.717) is 6.61 Å². The maximum Gasteiger partial charge on any atom is 0.123 e. The average molecular weight is 357 g/mol. The number of allylic oxidation sites excluding steroid dienone is 1. The Balaban J connectivity index is 1.92. The first-order valence-electron chi connectivity index (χ1n) is 9.02.